The molecule has 4 atom stereocenters. The average molecular weight is 325 g/mol. The molecule has 1 saturated heterocycles. The number of rotatable bonds is 3. The van der Waals surface area contributed by atoms with Crippen molar-refractivity contribution in [1.82, 2.24) is 4.90 Å². The summed E-state index contributed by atoms with van der Waals surface area (Å²) < 4.78 is 5.78. The van der Waals surface area contributed by atoms with Crippen molar-refractivity contribution < 1.29 is 9.53 Å². The molecule has 3 rings (SSSR count). The first-order valence-electron chi connectivity index (χ1n) is 7.91. The highest BCUT2D eigenvalue weighted by molar-refractivity contribution is 5.85. The number of hydrogen-bond donors (Lipinski definition) is 1. The molecule has 122 valence electrons. The van der Waals surface area contributed by atoms with E-state index in [0.717, 1.165) is 24.8 Å². The van der Waals surface area contributed by atoms with Crippen LogP contribution in [0, 0.1) is 5.92 Å². The van der Waals surface area contributed by atoms with Crippen molar-refractivity contribution in [3.63, 3.8) is 0 Å². The zero-order chi connectivity index (χ0) is 14.8. The third-order valence-electron chi connectivity index (χ3n) is 4.88. The number of halogens is 1. The highest BCUT2D eigenvalue weighted by Gasteiger charge is 2.40. The number of ether oxygens (including phenoxy) is 1. The normalized spacial score (nSPS) is 26.7. The number of morpholine rings is 1. The van der Waals surface area contributed by atoms with Gasteiger partial charge in [0, 0.05) is 12.6 Å². The molecule has 1 heterocycles. The molecule has 5 heteroatoms. The lowest BCUT2D eigenvalue weighted by atomic mass is 9.93. The molecule has 0 bridgehead atoms. The Kier molecular flexibility index (Phi) is 5.84. The molecule has 1 saturated carbocycles. The van der Waals surface area contributed by atoms with Crippen LogP contribution in [0.15, 0.2) is 30.3 Å². The second-order valence-electron chi connectivity index (χ2n) is 6.16. The van der Waals surface area contributed by atoms with Gasteiger partial charge in [-0.25, -0.2) is 0 Å². The number of amides is 1. The first-order chi connectivity index (χ1) is 10.2. The summed E-state index contributed by atoms with van der Waals surface area (Å²) in [5.41, 5.74) is 7.33. The number of nitrogens with two attached hydrogens (primary N) is 1. The van der Waals surface area contributed by atoms with E-state index in [4.69, 9.17) is 10.5 Å². The van der Waals surface area contributed by atoms with E-state index >= 15 is 0 Å². The van der Waals surface area contributed by atoms with E-state index in [2.05, 4.69) is 0 Å². The Morgan fingerprint density at radius 2 is 2.05 bits per heavy atom. The van der Waals surface area contributed by atoms with Gasteiger partial charge in [-0.1, -0.05) is 37.3 Å². The van der Waals surface area contributed by atoms with E-state index in [1.165, 1.54) is 0 Å². The minimum absolute atomic E-state index is 0. The van der Waals surface area contributed by atoms with Crippen LogP contribution in [-0.4, -0.2) is 36.1 Å². The summed E-state index contributed by atoms with van der Waals surface area (Å²) in [7, 11) is 0. The summed E-state index contributed by atoms with van der Waals surface area (Å²) in [6.07, 6.45) is 3.53. The van der Waals surface area contributed by atoms with Crippen LogP contribution in [0.5, 0.6) is 0 Å². The molecular weight excluding hydrogens is 300 g/mol. The Bertz CT molecular complexity index is 497. The van der Waals surface area contributed by atoms with Crippen molar-refractivity contribution in [3.05, 3.63) is 35.9 Å². The Hall–Kier alpha value is -1.10. The molecule has 1 aromatic carbocycles. The maximum absolute atomic E-state index is 12.8. The van der Waals surface area contributed by atoms with Gasteiger partial charge in [-0.05, 0) is 24.8 Å². The fourth-order valence-corrected chi connectivity index (χ4v) is 3.58. The predicted molar refractivity (Wildman–Crippen MR) is 88.9 cm³/mol. The summed E-state index contributed by atoms with van der Waals surface area (Å²) in [5.74, 6) is -0.0293. The van der Waals surface area contributed by atoms with Gasteiger partial charge < -0.3 is 15.4 Å². The molecule has 1 aliphatic carbocycles. The van der Waals surface area contributed by atoms with E-state index in [1.54, 1.807) is 0 Å². The molecule has 0 radical (unpaired) electrons. The number of carbonyl (C=O) groups excluding carboxylic acids is 1. The molecule has 4 unspecified atom stereocenters. The van der Waals surface area contributed by atoms with Crippen molar-refractivity contribution in [2.45, 2.75) is 44.4 Å². The molecule has 1 aromatic rings. The molecule has 0 aromatic heterocycles. The van der Waals surface area contributed by atoms with Gasteiger partial charge in [0.25, 0.3) is 0 Å². The lowest BCUT2D eigenvalue weighted by molar-refractivity contribution is -0.148. The van der Waals surface area contributed by atoms with Crippen molar-refractivity contribution in [2.75, 3.05) is 13.2 Å². The SMILES string of the molecule is CC(C(=O)N1CCOC2CCCC21)C(N)c1ccccc1.Cl. The number of carbonyl (C=O) groups is 1. The monoisotopic (exact) mass is 324 g/mol. The van der Waals surface area contributed by atoms with Crippen molar-refractivity contribution in [3.8, 4) is 0 Å². The van der Waals surface area contributed by atoms with Gasteiger partial charge in [0.05, 0.1) is 24.7 Å². The molecule has 2 aliphatic rings. The number of fused-ring (bicyclic) bond motifs is 1. The Morgan fingerprint density at radius 1 is 1.32 bits per heavy atom. The van der Waals surface area contributed by atoms with Crippen LogP contribution in [0.1, 0.15) is 37.8 Å². The molecule has 2 fully saturated rings. The van der Waals surface area contributed by atoms with E-state index in [0.29, 0.717) is 13.2 Å². The van der Waals surface area contributed by atoms with Gasteiger partial charge in [0.2, 0.25) is 5.91 Å². The first-order valence-corrected chi connectivity index (χ1v) is 7.91. The topological polar surface area (TPSA) is 55.6 Å². The van der Waals surface area contributed by atoms with Gasteiger partial charge in [0.1, 0.15) is 0 Å². The molecule has 0 spiro atoms. The summed E-state index contributed by atoms with van der Waals surface area (Å²) in [4.78, 5) is 14.9. The summed E-state index contributed by atoms with van der Waals surface area (Å²) >= 11 is 0. The number of nitrogens with zero attached hydrogens (tertiary/aromatic N) is 1. The van der Waals surface area contributed by atoms with Crippen molar-refractivity contribution in [1.29, 1.82) is 0 Å². The Morgan fingerprint density at radius 3 is 2.77 bits per heavy atom. The quantitative estimate of drug-likeness (QED) is 0.929. The highest BCUT2D eigenvalue weighted by atomic mass is 35.5. The maximum atomic E-state index is 12.8. The maximum Gasteiger partial charge on any atom is 0.227 e. The number of hydrogen-bond acceptors (Lipinski definition) is 3. The van der Waals surface area contributed by atoms with Crippen LogP contribution in [0.25, 0.3) is 0 Å². The average Bonchev–Trinajstić information content (AvgIpc) is 3.02. The third-order valence-corrected chi connectivity index (χ3v) is 4.88. The number of benzene rings is 1. The largest absolute Gasteiger partial charge is 0.374 e. The molecule has 1 aliphatic heterocycles. The van der Waals surface area contributed by atoms with E-state index in [-0.39, 0.29) is 42.4 Å². The minimum atomic E-state index is -0.249. The van der Waals surface area contributed by atoms with Gasteiger partial charge >= 0.3 is 0 Å². The smallest absolute Gasteiger partial charge is 0.227 e. The van der Waals surface area contributed by atoms with E-state index < -0.39 is 0 Å². The summed E-state index contributed by atoms with van der Waals surface area (Å²) in [6.45, 7) is 3.30. The van der Waals surface area contributed by atoms with Gasteiger partial charge in [-0.15, -0.1) is 12.4 Å². The van der Waals surface area contributed by atoms with Crippen LogP contribution >= 0.6 is 12.4 Å². The van der Waals surface area contributed by atoms with Crippen molar-refractivity contribution >= 4 is 18.3 Å². The standard InChI is InChI=1S/C17H24N2O2.ClH/c1-12(16(18)13-6-3-2-4-7-13)17(20)19-10-11-21-15-9-5-8-14(15)19;/h2-4,6-7,12,14-16H,5,8-11,18H2,1H3;1H. The lowest BCUT2D eigenvalue weighted by Gasteiger charge is -2.39. The molecule has 22 heavy (non-hydrogen) atoms. The van der Waals surface area contributed by atoms with Crippen LogP contribution in [0.4, 0.5) is 0 Å². The van der Waals surface area contributed by atoms with Gasteiger partial charge in [-0.2, -0.15) is 0 Å². The van der Waals surface area contributed by atoms with Crippen molar-refractivity contribution in [2.24, 2.45) is 11.7 Å². The van der Waals surface area contributed by atoms with E-state index in [9.17, 15) is 4.79 Å². The fraction of sp³-hybridized carbons (Fsp3) is 0.588. The van der Waals surface area contributed by atoms with Gasteiger partial charge in [0.15, 0.2) is 0 Å². The highest BCUT2D eigenvalue weighted by Crippen LogP contribution is 2.32. The van der Waals surface area contributed by atoms with Crippen LogP contribution in [0.2, 0.25) is 0 Å². The van der Waals surface area contributed by atoms with Crippen LogP contribution in [-0.2, 0) is 9.53 Å². The Balaban J connectivity index is 0.00000176. The Labute approximate surface area is 138 Å². The molecule has 1 amide bonds. The minimum Gasteiger partial charge on any atom is -0.374 e. The fourth-order valence-electron chi connectivity index (χ4n) is 3.58. The lowest BCUT2D eigenvalue weighted by Crippen LogP contribution is -2.53. The molecular formula is C17H25ClN2O2. The van der Waals surface area contributed by atoms with E-state index in [1.807, 2.05) is 42.2 Å². The zero-order valence-electron chi connectivity index (χ0n) is 13.0. The molecule has 4 nitrogen and oxygen atoms in total. The van der Waals surface area contributed by atoms with Crippen LogP contribution < -0.4 is 5.73 Å². The predicted octanol–water partition coefficient (Wildman–Crippen LogP) is 2.52. The molecule has 2 N–H and O–H groups in total. The summed E-state index contributed by atoms with van der Waals surface area (Å²) in [5, 5.41) is 0. The second kappa shape index (κ2) is 7.44. The first kappa shape index (κ1) is 17.3. The van der Waals surface area contributed by atoms with Crippen LogP contribution in [0.3, 0.4) is 0 Å². The second-order valence-corrected chi connectivity index (χ2v) is 6.16. The summed E-state index contributed by atoms with van der Waals surface area (Å²) in [6, 6.07) is 9.90. The zero-order valence-corrected chi connectivity index (χ0v) is 13.8. The van der Waals surface area contributed by atoms with Gasteiger partial charge in [-0.3, -0.25) is 4.79 Å². The third kappa shape index (κ3) is 3.29.